The zero-order valence-electron chi connectivity index (χ0n) is 16.8. The van der Waals surface area contributed by atoms with Gasteiger partial charge in [0.1, 0.15) is 11.6 Å². The first-order chi connectivity index (χ1) is 12.6. The Morgan fingerprint density at radius 2 is 1.96 bits per heavy atom. The van der Waals surface area contributed by atoms with Crippen molar-refractivity contribution in [1.29, 1.82) is 0 Å². The van der Waals surface area contributed by atoms with Gasteiger partial charge in [-0.15, -0.1) is 0 Å². The van der Waals surface area contributed by atoms with Crippen molar-refractivity contribution in [2.75, 3.05) is 10.2 Å². The van der Waals surface area contributed by atoms with E-state index in [1.165, 1.54) is 12.1 Å². The van der Waals surface area contributed by atoms with E-state index >= 15 is 0 Å². The van der Waals surface area contributed by atoms with Crippen molar-refractivity contribution < 1.29 is 9.18 Å². The Bertz CT molecular complexity index is 840. The maximum absolute atomic E-state index is 13.2. The number of nitrogens with one attached hydrogen (secondary N) is 1. The number of rotatable bonds is 4. The van der Waals surface area contributed by atoms with E-state index in [-0.39, 0.29) is 17.1 Å². The van der Waals surface area contributed by atoms with Crippen molar-refractivity contribution in [2.45, 2.75) is 60.0 Å². The van der Waals surface area contributed by atoms with Crippen LogP contribution in [0.3, 0.4) is 0 Å². The molecule has 1 aliphatic heterocycles. The van der Waals surface area contributed by atoms with Crippen LogP contribution in [0.15, 0.2) is 30.3 Å². The predicted octanol–water partition coefficient (Wildman–Crippen LogP) is 4.86. The van der Waals surface area contributed by atoms with Crippen molar-refractivity contribution in [3.05, 3.63) is 53.0 Å². The molecule has 0 radical (unpaired) electrons. The Morgan fingerprint density at radius 3 is 2.59 bits per heavy atom. The molecule has 1 atom stereocenters. The monoisotopic (exact) mass is 369 g/mol. The van der Waals surface area contributed by atoms with Crippen LogP contribution in [-0.2, 0) is 17.8 Å². The fourth-order valence-corrected chi connectivity index (χ4v) is 3.48. The number of benzene rings is 1. The van der Waals surface area contributed by atoms with E-state index in [0.717, 1.165) is 28.9 Å². The van der Waals surface area contributed by atoms with Crippen LogP contribution in [0.2, 0.25) is 0 Å². The van der Waals surface area contributed by atoms with Gasteiger partial charge in [-0.05, 0) is 48.6 Å². The molecule has 0 saturated heterocycles. The average Bonchev–Trinajstić information content (AvgIpc) is 2.83. The predicted molar refractivity (Wildman–Crippen MR) is 107 cm³/mol. The number of nitrogens with zero attached hydrogens (tertiary/aromatic N) is 2. The van der Waals surface area contributed by atoms with E-state index in [1.54, 1.807) is 0 Å². The molecule has 0 spiro atoms. The number of aromatic nitrogens is 1. The maximum atomic E-state index is 13.2. The van der Waals surface area contributed by atoms with E-state index in [1.807, 2.05) is 39.8 Å². The number of hydrogen-bond acceptors (Lipinski definition) is 3. The molecule has 0 aliphatic carbocycles. The SMILES string of the molecule is Cc1cc2c(nc1NC(=O)CC(C)(C)C)C[C@@H](C)N2Cc1ccc(F)cc1. The van der Waals surface area contributed by atoms with E-state index in [0.29, 0.717) is 24.8 Å². The van der Waals surface area contributed by atoms with Crippen molar-refractivity contribution >= 4 is 17.4 Å². The first-order valence-electron chi connectivity index (χ1n) is 9.44. The summed E-state index contributed by atoms with van der Waals surface area (Å²) in [5.74, 6) is 0.424. The topological polar surface area (TPSA) is 45.2 Å². The lowest BCUT2D eigenvalue weighted by atomic mass is 9.92. The molecular weight excluding hydrogens is 341 g/mol. The summed E-state index contributed by atoms with van der Waals surface area (Å²) >= 11 is 0. The van der Waals surface area contributed by atoms with Gasteiger partial charge in [-0.1, -0.05) is 32.9 Å². The van der Waals surface area contributed by atoms with Crippen LogP contribution < -0.4 is 10.2 Å². The maximum Gasteiger partial charge on any atom is 0.226 e. The number of hydrogen-bond donors (Lipinski definition) is 1. The van der Waals surface area contributed by atoms with E-state index in [4.69, 9.17) is 4.98 Å². The minimum atomic E-state index is -0.221. The molecule has 1 amide bonds. The highest BCUT2D eigenvalue weighted by molar-refractivity contribution is 5.91. The molecule has 0 unspecified atom stereocenters. The number of pyridine rings is 1. The third kappa shape index (κ3) is 4.65. The van der Waals surface area contributed by atoms with E-state index in [9.17, 15) is 9.18 Å². The second kappa shape index (κ2) is 7.29. The number of fused-ring (bicyclic) bond motifs is 1. The number of carbonyl (C=O) groups is 1. The van der Waals surface area contributed by atoms with Crippen LogP contribution in [0.1, 0.15) is 50.9 Å². The number of carbonyl (C=O) groups excluding carboxylic acids is 1. The summed E-state index contributed by atoms with van der Waals surface area (Å²) in [5.41, 5.74) is 4.06. The van der Waals surface area contributed by atoms with Gasteiger partial charge in [0, 0.05) is 25.4 Å². The standard InChI is InChI=1S/C22H28FN3O/c1-14-10-19-18(24-21(14)25-20(27)12-22(3,4)5)11-15(2)26(19)13-16-6-8-17(23)9-7-16/h6-10,15H,11-13H2,1-5H3,(H,24,25,27)/t15-/m1/s1. The fraction of sp³-hybridized carbons (Fsp3) is 0.455. The summed E-state index contributed by atoms with van der Waals surface area (Å²) in [4.78, 5) is 19.3. The minimum Gasteiger partial charge on any atom is -0.363 e. The lowest BCUT2D eigenvalue weighted by molar-refractivity contribution is -0.117. The van der Waals surface area contributed by atoms with E-state index in [2.05, 4.69) is 23.2 Å². The van der Waals surface area contributed by atoms with Crippen LogP contribution in [0.4, 0.5) is 15.9 Å². The van der Waals surface area contributed by atoms with E-state index < -0.39 is 0 Å². The highest BCUT2D eigenvalue weighted by Gasteiger charge is 2.28. The summed E-state index contributed by atoms with van der Waals surface area (Å²) in [6.07, 6.45) is 1.29. The molecule has 0 fully saturated rings. The van der Waals surface area contributed by atoms with Gasteiger partial charge >= 0.3 is 0 Å². The van der Waals surface area contributed by atoms with Gasteiger partial charge in [0.15, 0.2) is 0 Å². The zero-order valence-corrected chi connectivity index (χ0v) is 16.8. The summed E-state index contributed by atoms with van der Waals surface area (Å²) < 4.78 is 13.2. The summed E-state index contributed by atoms with van der Waals surface area (Å²) in [6, 6.07) is 9.03. The van der Waals surface area contributed by atoms with Gasteiger partial charge in [0.25, 0.3) is 0 Å². The molecule has 1 aromatic carbocycles. The van der Waals surface area contributed by atoms with Crippen LogP contribution in [0.5, 0.6) is 0 Å². The first-order valence-corrected chi connectivity index (χ1v) is 9.44. The molecule has 2 aromatic rings. The molecular formula is C22H28FN3O. The molecule has 1 aromatic heterocycles. The summed E-state index contributed by atoms with van der Waals surface area (Å²) in [7, 11) is 0. The zero-order chi connectivity index (χ0) is 19.8. The summed E-state index contributed by atoms with van der Waals surface area (Å²) in [5, 5.41) is 2.97. The fourth-order valence-electron chi connectivity index (χ4n) is 3.48. The van der Waals surface area contributed by atoms with Gasteiger partial charge in [-0.3, -0.25) is 4.79 Å². The molecule has 1 aliphatic rings. The summed E-state index contributed by atoms with van der Waals surface area (Å²) in [6.45, 7) is 11.0. The van der Waals surface area contributed by atoms with Crippen LogP contribution in [0, 0.1) is 18.2 Å². The van der Waals surface area contributed by atoms with Gasteiger partial charge in [-0.2, -0.15) is 0 Å². The van der Waals surface area contributed by atoms with Gasteiger partial charge in [0.05, 0.1) is 11.4 Å². The van der Waals surface area contributed by atoms with Gasteiger partial charge in [-0.25, -0.2) is 9.37 Å². The number of halogens is 1. The second-order valence-corrected chi connectivity index (χ2v) is 8.71. The largest absolute Gasteiger partial charge is 0.363 e. The van der Waals surface area contributed by atoms with Gasteiger partial charge < -0.3 is 10.2 Å². The Labute approximate surface area is 160 Å². The van der Waals surface area contributed by atoms with Crippen molar-refractivity contribution in [3.8, 4) is 0 Å². The van der Waals surface area contributed by atoms with Gasteiger partial charge in [0.2, 0.25) is 5.91 Å². The highest BCUT2D eigenvalue weighted by atomic mass is 19.1. The highest BCUT2D eigenvalue weighted by Crippen LogP contribution is 2.35. The molecule has 1 N–H and O–H groups in total. The minimum absolute atomic E-state index is 0.00716. The Morgan fingerprint density at radius 1 is 1.30 bits per heavy atom. The molecule has 2 heterocycles. The van der Waals surface area contributed by atoms with Crippen molar-refractivity contribution in [1.82, 2.24) is 4.98 Å². The number of anilines is 2. The second-order valence-electron chi connectivity index (χ2n) is 8.71. The third-order valence-electron chi connectivity index (χ3n) is 4.81. The van der Waals surface area contributed by atoms with Crippen molar-refractivity contribution in [2.24, 2.45) is 5.41 Å². The first kappa shape index (κ1) is 19.3. The van der Waals surface area contributed by atoms with Crippen molar-refractivity contribution in [3.63, 3.8) is 0 Å². The molecule has 27 heavy (non-hydrogen) atoms. The molecule has 0 saturated carbocycles. The Hall–Kier alpha value is -2.43. The number of amides is 1. The Balaban J connectivity index is 1.80. The lowest BCUT2D eigenvalue weighted by Crippen LogP contribution is -2.28. The number of aryl methyl sites for hydroxylation is 1. The Kier molecular flexibility index (Phi) is 5.22. The van der Waals surface area contributed by atoms with Crippen LogP contribution in [-0.4, -0.2) is 16.9 Å². The molecule has 3 rings (SSSR count). The molecule has 0 bridgehead atoms. The molecule has 144 valence electrons. The van der Waals surface area contributed by atoms with Crippen LogP contribution >= 0.6 is 0 Å². The quantitative estimate of drug-likeness (QED) is 0.837. The third-order valence-corrected chi connectivity index (χ3v) is 4.81. The molecule has 5 heteroatoms. The van der Waals surface area contributed by atoms with Crippen LogP contribution in [0.25, 0.3) is 0 Å². The smallest absolute Gasteiger partial charge is 0.226 e. The molecule has 4 nitrogen and oxygen atoms in total. The normalized spacial score (nSPS) is 16.4. The lowest BCUT2D eigenvalue weighted by Gasteiger charge is -2.25. The average molecular weight is 369 g/mol.